The summed E-state index contributed by atoms with van der Waals surface area (Å²) < 4.78 is 5.25. The van der Waals surface area contributed by atoms with Gasteiger partial charge in [0.25, 0.3) is 0 Å². The summed E-state index contributed by atoms with van der Waals surface area (Å²) in [6, 6.07) is 14.2. The van der Waals surface area contributed by atoms with Crippen molar-refractivity contribution in [2.45, 2.75) is 31.5 Å². The van der Waals surface area contributed by atoms with Gasteiger partial charge in [0, 0.05) is 61.7 Å². The lowest BCUT2D eigenvalue weighted by atomic mass is 9.99. The monoisotopic (exact) mass is 421 g/mol. The minimum atomic E-state index is -0.376. The van der Waals surface area contributed by atoms with Gasteiger partial charge in [-0.05, 0) is 49.9 Å². The second kappa shape index (κ2) is 10.0. The zero-order valence-electron chi connectivity index (χ0n) is 18.2. The lowest BCUT2D eigenvalue weighted by molar-refractivity contribution is -0.00615. The van der Waals surface area contributed by atoms with Crippen molar-refractivity contribution in [3.63, 3.8) is 0 Å². The third-order valence-electron chi connectivity index (χ3n) is 6.13. The lowest BCUT2D eigenvalue weighted by Crippen LogP contribution is -2.53. The number of aromatic amines is 1. The molecule has 3 aromatic rings. The van der Waals surface area contributed by atoms with E-state index < -0.39 is 0 Å². The third-order valence-corrected chi connectivity index (χ3v) is 6.13. The molecule has 7 heteroatoms. The molecule has 3 heterocycles. The standard InChI is InChI=1S/C24H31N5O2/c1-28(13-10-20-5-3-4-12-25-20)22-11-14-29(17-23(22)30)16-19-15-26-27-24(19)18-6-8-21(31-2)9-7-18/h3-9,12,15,22-23,30H,10-11,13-14,16-17H2,1-2H3,(H,26,27)/t22-,23-/m1/s1. The van der Waals surface area contributed by atoms with Crippen LogP contribution in [0.25, 0.3) is 11.3 Å². The Morgan fingerprint density at radius 3 is 2.77 bits per heavy atom. The molecule has 0 bridgehead atoms. The molecule has 2 N–H and O–H groups in total. The van der Waals surface area contributed by atoms with E-state index in [1.165, 1.54) is 0 Å². The van der Waals surface area contributed by atoms with Crippen LogP contribution in [0.15, 0.2) is 54.9 Å². The number of methoxy groups -OCH3 is 1. The molecule has 164 valence electrons. The molecule has 4 rings (SSSR count). The van der Waals surface area contributed by atoms with Crippen molar-refractivity contribution in [2.24, 2.45) is 0 Å². The van der Waals surface area contributed by atoms with Gasteiger partial charge in [0.1, 0.15) is 5.75 Å². The van der Waals surface area contributed by atoms with Crippen molar-refractivity contribution in [2.75, 3.05) is 33.8 Å². The molecular formula is C24H31N5O2. The molecule has 1 aliphatic rings. The average Bonchev–Trinajstić information content (AvgIpc) is 3.26. The molecule has 1 saturated heterocycles. The van der Waals surface area contributed by atoms with Gasteiger partial charge in [0.2, 0.25) is 0 Å². The minimum absolute atomic E-state index is 0.172. The molecule has 0 radical (unpaired) electrons. The lowest BCUT2D eigenvalue weighted by Gasteiger charge is -2.40. The van der Waals surface area contributed by atoms with Crippen molar-refractivity contribution < 1.29 is 9.84 Å². The highest BCUT2D eigenvalue weighted by Crippen LogP contribution is 2.26. The first-order valence-electron chi connectivity index (χ1n) is 10.8. The van der Waals surface area contributed by atoms with Gasteiger partial charge in [0.15, 0.2) is 0 Å². The van der Waals surface area contributed by atoms with Gasteiger partial charge in [-0.1, -0.05) is 6.07 Å². The number of benzene rings is 1. The molecule has 0 saturated carbocycles. The predicted octanol–water partition coefficient (Wildman–Crippen LogP) is 2.59. The van der Waals surface area contributed by atoms with Crippen LogP contribution in [0.1, 0.15) is 17.7 Å². The smallest absolute Gasteiger partial charge is 0.118 e. The maximum Gasteiger partial charge on any atom is 0.118 e. The number of rotatable bonds is 8. The number of piperidine rings is 1. The average molecular weight is 422 g/mol. The van der Waals surface area contributed by atoms with Crippen molar-refractivity contribution in [3.05, 3.63) is 66.1 Å². The normalized spacial score (nSPS) is 19.6. The van der Waals surface area contributed by atoms with Gasteiger partial charge < -0.3 is 14.7 Å². The molecule has 2 atom stereocenters. The topological polar surface area (TPSA) is 77.5 Å². The second-order valence-electron chi connectivity index (χ2n) is 8.21. The Hall–Kier alpha value is -2.74. The van der Waals surface area contributed by atoms with Gasteiger partial charge in [-0.25, -0.2) is 0 Å². The zero-order valence-corrected chi connectivity index (χ0v) is 18.2. The van der Waals surface area contributed by atoms with Gasteiger partial charge in [-0.15, -0.1) is 0 Å². The van der Waals surface area contributed by atoms with E-state index in [9.17, 15) is 5.11 Å². The summed E-state index contributed by atoms with van der Waals surface area (Å²) in [6.45, 7) is 3.26. The molecule has 1 aliphatic heterocycles. The fourth-order valence-electron chi connectivity index (χ4n) is 4.32. The van der Waals surface area contributed by atoms with E-state index in [1.807, 2.05) is 48.8 Å². The van der Waals surface area contributed by atoms with Crippen LogP contribution in [0.5, 0.6) is 5.75 Å². The number of likely N-dealkylation sites (tertiary alicyclic amines) is 1. The quantitative estimate of drug-likeness (QED) is 0.582. The first-order valence-corrected chi connectivity index (χ1v) is 10.8. The number of nitrogens with one attached hydrogen (secondary N) is 1. The number of β-amino-alcohol motifs (C(OH)–C–C–N with tert-alkyl or cyclic N) is 1. The third kappa shape index (κ3) is 5.31. The molecule has 7 nitrogen and oxygen atoms in total. The number of hydrogen-bond donors (Lipinski definition) is 2. The second-order valence-corrected chi connectivity index (χ2v) is 8.21. The first kappa shape index (κ1) is 21.5. The van der Waals surface area contributed by atoms with Gasteiger partial charge in [-0.2, -0.15) is 5.10 Å². The van der Waals surface area contributed by atoms with E-state index in [2.05, 4.69) is 38.1 Å². The number of hydrogen-bond acceptors (Lipinski definition) is 6. The molecule has 31 heavy (non-hydrogen) atoms. The summed E-state index contributed by atoms with van der Waals surface area (Å²) in [6.07, 6.45) is 5.18. The number of ether oxygens (including phenoxy) is 1. The molecule has 0 spiro atoms. The Labute approximate surface area is 183 Å². The molecule has 0 unspecified atom stereocenters. The van der Waals surface area contributed by atoms with Crippen molar-refractivity contribution in [3.8, 4) is 17.0 Å². The van der Waals surface area contributed by atoms with E-state index in [0.29, 0.717) is 6.54 Å². The van der Waals surface area contributed by atoms with E-state index in [1.54, 1.807) is 7.11 Å². The Kier molecular flexibility index (Phi) is 6.96. The summed E-state index contributed by atoms with van der Waals surface area (Å²) in [5, 5.41) is 18.2. The van der Waals surface area contributed by atoms with Crippen LogP contribution >= 0.6 is 0 Å². The highest BCUT2D eigenvalue weighted by atomic mass is 16.5. The minimum Gasteiger partial charge on any atom is -0.497 e. The van der Waals surface area contributed by atoms with Crippen molar-refractivity contribution in [1.82, 2.24) is 25.0 Å². The number of likely N-dealkylation sites (N-methyl/N-ethyl adjacent to an activating group) is 1. The van der Waals surface area contributed by atoms with Crippen LogP contribution in [0, 0.1) is 0 Å². The molecule has 0 aliphatic carbocycles. The maximum atomic E-state index is 10.8. The maximum absolute atomic E-state index is 10.8. The SMILES string of the molecule is COc1ccc(-c2[nH]ncc2CN2CC[C@@H](N(C)CCc3ccccn3)[C@H](O)C2)cc1. The molecule has 2 aromatic heterocycles. The molecule has 1 fully saturated rings. The predicted molar refractivity (Wildman–Crippen MR) is 121 cm³/mol. The van der Waals surface area contributed by atoms with Crippen LogP contribution in [-0.2, 0) is 13.0 Å². The van der Waals surface area contributed by atoms with Crippen LogP contribution in [-0.4, -0.2) is 76.0 Å². The summed E-state index contributed by atoms with van der Waals surface area (Å²) in [5.41, 5.74) is 4.33. The fraction of sp³-hybridized carbons (Fsp3) is 0.417. The number of aromatic nitrogens is 3. The van der Waals surface area contributed by atoms with Gasteiger partial charge >= 0.3 is 0 Å². The number of pyridine rings is 1. The first-order chi connectivity index (χ1) is 15.1. The summed E-state index contributed by atoms with van der Waals surface area (Å²) in [5.74, 6) is 0.835. The van der Waals surface area contributed by atoms with Crippen molar-refractivity contribution in [1.29, 1.82) is 0 Å². The van der Waals surface area contributed by atoms with Crippen LogP contribution in [0.3, 0.4) is 0 Å². The molecule has 1 aromatic carbocycles. The van der Waals surface area contributed by atoms with Crippen LogP contribution in [0.4, 0.5) is 0 Å². The Morgan fingerprint density at radius 2 is 2.06 bits per heavy atom. The molecular weight excluding hydrogens is 390 g/mol. The highest BCUT2D eigenvalue weighted by Gasteiger charge is 2.30. The van der Waals surface area contributed by atoms with E-state index >= 15 is 0 Å². The van der Waals surface area contributed by atoms with Gasteiger partial charge in [0.05, 0.1) is 25.1 Å². The van der Waals surface area contributed by atoms with Crippen LogP contribution in [0.2, 0.25) is 0 Å². The van der Waals surface area contributed by atoms with E-state index in [0.717, 1.165) is 60.7 Å². The summed E-state index contributed by atoms with van der Waals surface area (Å²) in [7, 11) is 3.77. The largest absolute Gasteiger partial charge is 0.497 e. The van der Waals surface area contributed by atoms with Crippen LogP contribution < -0.4 is 4.74 Å². The highest BCUT2D eigenvalue weighted by molar-refractivity contribution is 5.63. The number of aliphatic hydroxyl groups excluding tert-OH is 1. The fourth-order valence-corrected chi connectivity index (χ4v) is 4.32. The Bertz CT molecular complexity index is 944. The summed E-state index contributed by atoms with van der Waals surface area (Å²) in [4.78, 5) is 8.98. The Balaban J connectivity index is 1.33. The van der Waals surface area contributed by atoms with E-state index in [4.69, 9.17) is 4.74 Å². The van der Waals surface area contributed by atoms with Gasteiger partial charge in [-0.3, -0.25) is 15.0 Å². The number of nitrogens with zero attached hydrogens (tertiary/aromatic N) is 4. The summed E-state index contributed by atoms with van der Waals surface area (Å²) >= 11 is 0. The van der Waals surface area contributed by atoms with Crippen molar-refractivity contribution >= 4 is 0 Å². The Morgan fingerprint density at radius 1 is 1.23 bits per heavy atom. The number of aliphatic hydroxyl groups is 1. The zero-order chi connectivity index (χ0) is 21.6. The molecule has 0 amide bonds. The number of H-pyrrole nitrogens is 1. The van der Waals surface area contributed by atoms with E-state index in [-0.39, 0.29) is 12.1 Å².